The van der Waals surface area contributed by atoms with Crippen LogP contribution in [0, 0.1) is 0 Å². The first-order valence-electron chi connectivity index (χ1n) is 8.48. The van der Waals surface area contributed by atoms with Gasteiger partial charge < -0.3 is 10.1 Å². The standard InChI is InChI=1S/C19H20N2O4S/c1-12(25-18(23)16-10-14-8-5-9-15(14)26-16)17(22)21-19(24)20-11-13-6-3-2-4-7-13/h2-4,6-7,10,12H,5,8-9,11H2,1H3,(H2,20,21,22,24)/t12-/m0/s1. The summed E-state index contributed by atoms with van der Waals surface area (Å²) in [4.78, 5) is 37.7. The summed E-state index contributed by atoms with van der Waals surface area (Å²) < 4.78 is 5.18. The summed E-state index contributed by atoms with van der Waals surface area (Å²) in [6.07, 6.45) is 2.04. The van der Waals surface area contributed by atoms with Crippen molar-refractivity contribution in [3.05, 3.63) is 57.3 Å². The number of imide groups is 1. The van der Waals surface area contributed by atoms with Crippen molar-refractivity contribution in [3.8, 4) is 0 Å². The average Bonchev–Trinajstić information content (AvgIpc) is 3.22. The summed E-state index contributed by atoms with van der Waals surface area (Å²) in [5.74, 6) is -1.19. The highest BCUT2D eigenvalue weighted by molar-refractivity contribution is 7.14. The minimum absolute atomic E-state index is 0.300. The number of hydrogen-bond acceptors (Lipinski definition) is 5. The van der Waals surface area contributed by atoms with Crippen molar-refractivity contribution < 1.29 is 19.1 Å². The summed E-state index contributed by atoms with van der Waals surface area (Å²) in [5.41, 5.74) is 2.11. The van der Waals surface area contributed by atoms with E-state index in [9.17, 15) is 14.4 Å². The molecule has 0 radical (unpaired) electrons. The van der Waals surface area contributed by atoms with Crippen molar-refractivity contribution in [2.24, 2.45) is 0 Å². The van der Waals surface area contributed by atoms with Crippen molar-refractivity contribution in [2.75, 3.05) is 0 Å². The van der Waals surface area contributed by atoms with Gasteiger partial charge in [0.05, 0.1) is 0 Å². The first kappa shape index (κ1) is 18.1. The monoisotopic (exact) mass is 372 g/mol. The van der Waals surface area contributed by atoms with Gasteiger partial charge in [-0.25, -0.2) is 9.59 Å². The lowest BCUT2D eigenvalue weighted by Gasteiger charge is -2.13. The number of aryl methyl sites for hydroxylation is 2. The van der Waals surface area contributed by atoms with Gasteiger partial charge in [-0.2, -0.15) is 0 Å². The van der Waals surface area contributed by atoms with Crippen LogP contribution < -0.4 is 10.6 Å². The molecule has 2 N–H and O–H groups in total. The summed E-state index contributed by atoms with van der Waals surface area (Å²) in [7, 11) is 0. The van der Waals surface area contributed by atoms with Gasteiger partial charge in [0.1, 0.15) is 4.88 Å². The molecule has 0 bridgehead atoms. The highest BCUT2D eigenvalue weighted by Gasteiger charge is 2.24. The van der Waals surface area contributed by atoms with Crippen molar-refractivity contribution in [1.82, 2.24) is 10.6 Å². The van der Waals surface area contributed by atoms with Gasteiger partial charge in [0.2, 0.25) is 0 Å². The Morgan fingerprint density at radius 2 is 1.96 bits per heavy atom. The fraction of sp³-hybridized carbons (Fsp3) is 0.316. The summed E-state index contributed by atoms with van der Waals surface area (Å²) >= 11 is 1.42. The zero-order valence-electron chi connectivity index (χ0n) is 14.4. The van der Waals surface area contributed by atoms with E-state index in [1.807, 2.05) is 36.4 Å². The molecule has 3 amide bonds. The normalized spacial score (nSPS) is 13.6. The van der Waals surface area contributed by atoms with Crippen molar-refractivity contribution in [3.63, 3.8) is 0 Å². The molecule has 1 aliphatic rings. The molecule has 6 nitrogen and oxygen atoms in total. The van der Waals surface area contributed by atoms with E-state index in [1.54, 1.807) is 0 Å². The molecule has 0 saturated heterocycles. The number of benzene rings is 1. The first-order valence-corrected chi connectivity index (χ1v) is 9.30. The number of ether oxygens (including phenoxy) is 1. The molecule has 0 aliphatic heterocycles. The zero-order chi connectivity index (χ0) is 18.5. The number of nitrogens with one attached hydrogen (secondary N) is 2. The molecule has 3 rings (SSSR count). The molecule has 1 aromatic heterocycles. The van der Waals surface area contributed by atoms with Crippen LogP contribution in [-0.4, -0.2) is 24.0 Å². The number of amides is 3. The minimum Gasteiger partial charge on any atom is -0.448 e. The number of carbonyl (C=O) groups is 3. The molecule has 0 saturated carbocycles. The Balaban J connectivity index is 1.46. The third-order valence-corrected chi connectivity index (χ3v) is 5.35. The molecule has 136 valence electrons. The topological polar surface area (TPSA) is 84.5 Å². The van der Waals surface area contributed by atoms with E-state index in [1.165, 1.54) is 28.7 Å². The van der Waals surface area contributed by atoms with Gasteiger partial charge in [0.25, 0.3) is 5.91 Å². The van der Waals surface area contributed by atoms with Crippen LogP contribution in [0.25, 0.3) is 0 Å². The van der Waals surface area contributed by atoms with E-state index in [4.69, 9.17) is 4.74 Å². The number of fused-ring (bicyclic) bond motifs is 1. The third-order valence-electron chi connectivity index (χ3n) is 4.13. The molecular formula is C19H20N2O4S. The number of esters is 1. The molecule has 1 atom stereocenters. The molecule has 26 heavy (non-hydrogen) atoms. The van der Waals surface area contributed by atoms with Gasteiger partial charge in [-0.1, -0.05) is 30.3 Å². The first-order chi connectivity index (χ1) is 12.5. The number of hydrogen-bond donors (Lipinski definition) is 2. The minimum atomic E-state index is -1.05. The van der Waals surface area contributed by atoms with Gasteiger partial charge >= 0.3 is 12.0 Å². The van der Waals surface area contributed by atoms with Crippen LogP contribution in [0.2, 0.25) is 0 Å². The predicted molar refractivity (Wildman–Crippen MR) is 98.0 cm³/mol. The van der Waals surface area contributed by atoms with Crippen LogP contribution in [-0.2, 0) is 28.9 Å². The Morgan fingerprint density at radius 3 is 2.69 bits per heavy atom. The van der Waals surface area contributed by atoms with Crippen LogP contribution in [0.3, 0.4) is 0 Å². The maximum absolute atomic E-state index is 12.2. The lowest BCUT2D eigenvalue weighted by Crippen LogP contribution is -2.44. The number of carbonyl (C=O) groups excluding carboxylic acids is 3. The molecule has 7 heteroatoms. The SMILES string of the molecule is C[C@H](OC(=O)c1cc2c(s1)CCC2)C(=O)NC(=O)NCc1ccccc1. The highest BCUT2D eigenvalue weighted by atomic mass is 32.1. The van der Waals surface area contributed by atoms with Gasteiger partial charge in [0.15, 0.2) is 6.10 Å². The van der Waals surface area contributed by atoms with Gasteiger partial charge in [-0.3, -0.25) is 10.1 Å². The molecule has 0 fully saturated rings. The van der Waals surface area contributed by atoms with E-state index in [-0.39, 0.29) is 0 Å². The van der Waals surface area contributed by atoms with Gasteiger partial charge in [0, 0.05) is 11.4 Å². The lowest BCUT2D eigenvalue weighted by molar-refractivity contribution is -0.127. The van der Waals surface area contributed by atoms with Crippen LogP contribution >= 0.6 is 11.3 Å². The smallest absolute Gasteiger partial charge is 0.349 e. The van der Waals surface area contributed by atoms with Crippen molar-refractivity contribution in [2.45, 2.75) is 38.8 Å². The maximum atomic E-state index is 12.2. The lowest BCUT2D eigenvalue weighted by atomic mass is 10.2. The number of thiophene rings is 1. The van der Waals surface area contributed by atoms with Crippen LogP contribution in [0.4, 0.5) is 4.79 Å². The molecule has 0 unspecified atom stereocenters. The summed E-state index contributed by atoms with van der Waals surface area (Å²) in [6, 6.07) is 10.6. The van der Waals surface area contributed by atoms with E-state index < -0.39 is 24.0 Å². The fourth-order valence-electron chi connectivity index (χ4n) is 2.74. The molecule has 1 heterocycles. The summed E-state index contributed by atoms with van der Waals surface area (Å²) in [6.45, 7) is 1.74. The van der Waals surface area contributed by atoms with Gasteiger partial charge in [-0.05, 0) is 43.4 Å². The highest BCUT2D eigenvalue weighted by Crippen LogP contribution is 2.31. The van der Waals surface area contributed by atoms with E-state index in [0.29, 0.717) is 11.4 Å². The Hall–Kier alpha value is -2.67. The summed E-state index contributed by atoms with van der Waals surface area (Å²) in [5, 5.41) is 4.77. The van der Waals surface area contributed by atoms with Crippen LogP contribution in [0.15, 0.2) is 36.4 Å². The van der Waals surface area contributed by atoms with Gasteiger partial charge in [-0.15, -0.1) is 11.3 Å². The van der Waals surface area contributed by atoms with E-state index in [2.05, 4.69) is 10.6 Å². The van der Waals surface area contributed by atoms with E-state index >= 15 is 0 Å². The second kappa shape index (κ2) is 8.14. The number of urea groups is 1. The second-order valence-electron chi connectivity index (χ2n) is 6.12. The maximum Gasteiger partial charge on any atom is 0.349 e. The molecule has 1 aromatic carbocycles. The fourth-order valence-corrected chi connectivity index (χ4v) is 3.87. The van der Waals surface area contributed by atoms with Crippen LogP contribution in [0.1, 0.15) is 39.0 Å². The van der Waals surface area contributed by atoms with Crippen LogP contribution in [0.5, 0.6) is 0 Å². The molecule has 2 aromatic rings. The Bertz CT molecular complexity index is 795. The molecule has 0 spiro atoms. The molecule has 1 aliphatic carbocycles. The Labute approximate surface area is 155 Å². The second-order valence-corrected chi connectivity index (χ2v) is 7.25. The Morgan fingerprint density at radius 1 is 1.19 bits per heavy atom. The van der Waals surface area contributed by atoms with Crippen molar-refractivity contribution in [1.29, 1.82) is 0 Å². The quantitative estimate of drug-likeness (QED) is 0.791. The number of rotatable bonds is 5. The zero-order valence-corrected chi connectivity index (χ0v) is 15.2. The van der Waals surface area contributed by atoms with Crippen molar-refractivity contribution >= 4 is 29.2 Å². The van der Waals surface area contributed by atoms with E-state index in [0.717, 1.165) is 24.8 Å². The largest absolute Gasteiger partial charge is 0.448 e. The average molecular weight is 372 g/mol. The third kappa shape index (κ3) is 4.49. The molecular weight excluding hydrogens is 352 g/mol. The predicted octanol–water partition coefficient (Wildman–Crippen LogP) is 2.81. The Kier molecular flexibility index (Phi) is 5.68.